The van der Waals surface area contributed by atoms with Crippen molar-refractivity contribution in [1.29, 1.82) is 0 Å². The summed E-state index contributed by atoms with van der Waals surface area (Å²) in [6, 6.07) is 7.72. The van der Waals surface area contributed by atoms with Gasteiger partial charge in [-0.1, -0.05) is 29.8 Å². The molecule has 0 aliphatic heterocycles. The van der Waals surface area contributed by atoms with E-state index in [4.69, 9.17) is 5.11 Å². The molecule has 0 aliphatic rings. The van der Waals surface area contributed by atoms with Crippen LogP contribution >= 0.6 is 11.3 Å². The lowest BCUT2D eigenvalue weighted by atomic mass is 10.1. The molecule has 2 aromatic rings. The molecular weight excluding hydrogens is 262 g/mol. The first-order chi connectivity index (χ1) is 8.99. The van der Waals surface area contributed by atoms with Crippen molar-refractivity contribution in [3.63, 3.8) is 0 Å². The van der Waals surface area contributed by atoms with Crippen LogP contribution in [0.1, 0.15) is 22.2 Å². The fourth-order valence-corrected chi connectivity index (χ4v) is 2.63. The number of hydrogen-bond donors (Lipinski definition) is 2. The van der Waals surface area contributed by atoms with E-state index in [1.54, 1.807) is 5.38 Å². The Morgan fingerprint density at radius 1 is 1.21 bits per heavy atom. The van der Waals surface area contributed by atoms with Gasteiger partial charge >= 0.3 is 5.97 Å². The molecule has 2 rings (SSSR count). The second kappa shape index (κ2) is 5.24. The average molecular weight is 275 g/mol. The molecule has 0 radical (unpaired) electrons. The zero-order valence-corrected chi connectivity index (χ0v) is 11.4. The lowest BCUT2D eigenvalue weighted by Crippen LogP contribution is -2.09. The van der Waals surface area contributed by atoms with E-state index in [1.807, 2.05) is 31.2 Å². The molecule has 1 amide bonds. The molecule has 0 unspecified atom stereocenters. The number of carboxylic acid groups (broad SMARTS) is 1. The van der Waals surface area contributed by atoms with Gasteiger partial charge in [0.1, 0.15) is 4.88 Å². The van der Waals surface area contributed by atoms with Gasteiger partial charge in [-0.15, -0.1) is 11.3 Å². The van der Waals surface area contributed by atoms with Crippen molar-refractivity contribution in [2.75, 3.05) is 5.32 Å². The van der Waals surface area contributed by atoms with Crippen molar-refractivity contribution in [2.45, 2.75) is 13.8 Å². The molecule has 98 valence electrons. The summed E-state index contributed by atoms with van der Waals surface area (Å²) in [5.74, 6) is -1.32. The quantitative estimate of drug-likeness (QED) is 0.902. The number of carboxylic acids is 1. The molecular formula is C14H13NO3S. The van der Waals surface area contributed by atoms with Crippen LogP contribution in [0.5, 0.6) is 0 Å². The second-order valence-electron chi connectivity index (χ2n) is 4.21. The van der Waals surface area contributed by atoms with Crippen LogP contribution in [0, 0.1) is 6.92 Å². The molecule has 1 aromatic carbocycles. The summed E-state index contributed by atoms with van der Waals surface area (Å²) in [6.07, 6.45) is 0. The number of aromatic carboxylic acids is 1. The number of aryl methyl sites for hydroxylation is 1. The van der Waals surface area contributed by atoms with Crippen LogP contribution in [0.3, 0.4) is 0 Å². The summed E-state index contributed by atoms with van der Waals surface area (Å²) >= 11 is 1.11. The molecule has 0 saturated carbocycles. The number of nitrogens with one attached hydrogen (secondary N) is 1. The first-order valence-corrected chi connectivity index (χ1v) is 6.56. The molecule has 4 nitrogen and oxygen atoms in total. The lowest BCUT2D eigenvalue weighted by Gasteiger charge is -2.06. The molecule has 0 bridgehead atoms. The van der Waals surface area contributed by atoms with Gasteiger partial charge in [0.25, 0.3) is 0 Å². The van der Waals surface area contributed by atoms with E-state index in [0.29, 0.717) is 5.69 Å². The average Bonchev–Trinajstić information content (AvgIpc) is 2.73. The van der Waals surface area contributed by atoms with Gasteiger partial charge in [-0.05, 0) is 12.5 Å². The maximum Gasteiger partial charge on any atom is 0.348 e. The normalized spacial score (nSPS) is 10.2. The Morgan fingerprint density at radius 2 is 1.84 bits per heavy atom. The summed E-state index contributed by atoms with van der Waals surface area (Å²) < 4.78 is 0. The number of carbonyl (C=O) groups excluding carboxylic acids is 1. The number of carbonyl (C=O) groups is 2. The third-order valence-corrected chi connectivity index (χ3v) is 3.62. The third kappa shape index (κ3) is 2.82. The Hall–Kier alpha value is -2.14. The molecule has 0 fully saturated rings. The smallest absolute Gasteiger partial charge is 0.348 e. The van der Waals surface area contributed by atoms with Crippen molar-refractivity contribution in [2.24, 2.45) is 0 Å². The van der Waals surface area contributed by atoms with Crippen LogP contribution in [-0.2, 0) is 4.79 Å². The van der Waals surface area contributed by atoms with E-state index in [1.165, 1.54) is 6.92 Å². The number of hydrogen-bond acceptors (Lipinski definition) is 3. The highest BCUT2D eigenvalue weighted by Gasteiger charge is 2.19. The SMILES string of the molecule is CC(=O)Nc1c(-c2ccc(C)cc2)csc1C(=O)O. The third-order valence-electron chi connectivity index (χ3n) is 2.65. The molecule has 0 atom stereocenters. The van der Waals surface area contributed by atoms with Crippen LogP contribution in [0.4, 0.5) is 5.69 Å². The summed E-state index contributed by atoms with van der Waals surface area (Å²) in [6.45, 7) is 3.34. The fraction of sp³-hybridized carbons (Fsp3) is 0.143. The van der Waals surface area contributed by atoms with Crippen molar-refractivity contribution < 1.29 is 14.7 Å². The fourth-order valence-electron chi connectivity index (χ4n) is 1.76. The molecule has 1 heterocycles. The van der Waals surface area contributed by atoms with E-state index in [-0.39, 0.29) is 10.8 Å². The molecule has 2 N–H and O–H groups in total. The summed E-state index contributed by atoms with van der Waals surface area (Å²) in [5.41, 5.74) is 3.11. The monoisotopic (exact) mass is 275 g/mol. The Kier molecular flexibility index (Phi) is 3.66. The van der Waals surface area contributed by atoms with Crippen LogP contribution in [0.15, 0.2) is 29.6 Å². The Morgan fingerprint density at radius 3 is 2.37 bits per heavy atom. The van der Waals surface area contributed by atoms with E-state index < -0.39 is 5.97 Å². The minimum Gasteiger partial charge on any atom is -0.477 e. The maximum atomic E-state index is 11.2. The maximum absolute atomic E-state index is 11.2. The van der Waals surface area contributed by atoms with E-state index in [2.05, 4.69) is 5.32 Å². The first-order valence-electron chi connectivity index (χ1n) is 5.68. The van der Waals surface area contributed by atoms with Gasteiger partial charge in [0.05, 0.1) is 5.69 Å². The highest BCUT2D eigenvalue weighted by molar-refractivity contribution is 7.13. The van der Waals surface area contributed by atoms with Gasteiger partial charge in [-0.3, -0.25) is 4.79 Å². The molecule has 0 saturated heterocycles. The van der Waals surface area contributed by atoms with Gasteiger partial charge in [-0.2, -0.15) is 0 Å². The molecule has 0 spiro atoms. The molecule has 19 heavy (non-hydrogen) atoms. The number of thiophene rings is 1. The van der Waals surface area contributed by atoms with Crippen LogP contribution in [0.25, 0.3) is 11.1 Å². The summed E-state index contributed by atoms with van der Waals surface area (Å²) in [4.78, 5) is 22.5. The van der Waals surface area contributed by atoms with Crippen molar-refractivity contribution in [3.05, 3.63) is 40.1 Å². The van der Waals surface area contributed by atoms with Crippen LogP contribution in [0.2, 0.25) is 0 Å². The topological polar surface area (TPSA) is 66.4 Å². The first kappa shape index (κ1) is 13.3. The number of rotatable bonds is 3. The lowest BCUT2D eigenvalue weighted by molar-refractivity contribution is -0.114. The minimum atomic E-state index is -1.04. The van der Waals surface area contributed by atoms with Gasteiger partial charge in [0.15, 0.2) is 0 Å². The Bertz CT molecular complexity index is 629. The van der Waals surface area contributed by atoms with Gasteiger partial charge < -0.3 is 10.4 Å². The zero-order chi connectivity index (χ0) is 14.0. The predicted octanol–water partition coefficient (Wildman–Crippen LogP) is 3.38. The van der Waals surface area contributed by atoms with Gasteiger partial charge in [0.2, 0.25) is 5.91 Å². The van der Waals surface area contributed by atoms with Gasteiger partial charge in [-0.25, -0.2) is 4.79 Å². The Labute approximate surface area is 114 Å². The standard InChI is InChI=1S/C14H13NO3S/c1-8-3-5-10(6-4-8)11-7-19-13(14(17)18)12(11)15-9(2)16/h3-7H,1-2H3,(H,15,16)(H,17,18). The van der Waals surface area contributed by atoms with Crippen molar-refractivity contribution in [3.8, 4) is 11.1 Å². The highest BCUT2D eigenvalue weighted by atomic mass is 32.1. The minimum absolute atomic E-state index is 0.144. The Balaban J connectivity index is 2.53. The molecule has 5 heteroatoms. The van der Waals surface area contributed by atoms with Gasteiger partial charge in [0, 0.05) is 17.9 Å². The molecule has 1 aromatic heterocycles. The number of anilines is 1. The zero-order valence-electron chi connectivity index (χ0n) is 10.6. The van der Waals surface area contributed by atoms with E-state index in [9.17, 15) is 9.59 Å². The van der Waals surface area contributed by atoms with Crippen molar-refractivity contribution in [1.82, 2.24) is 0 Å². The highest BCUT2D eigenvalue weighted by Crippen LogP contribution is 2.36. The second-order valence-corrected chi connectivity index (χ2v) is 5.09. The molecule has 0 aliphatic carbocycles. The van der Waals surface area contributed by atoms with Crippen molar-refractivity contribution >= 4 is 28.9 Å². The summed E-state index contributed by atoms with van der Waals surface area (Å²) in [5, 5.41) is 13.5. The number of amides is 1. The largest absolute Gasteiger partial charge is 0.477 e. The predicted molar refractivity (Wildman–Crippen MR) is 75.8 cm³/mol. The number of benzene rings is 1. The van der Waals surface area contributed by atoms with Crippen LogP contribution in [-0.4, -0.2) is 17.0 Å². The van der Waals surface area contributed by atoms with E-state index in [0.717, 1.165) is 28.0 Å². The van der Waals surface area contributed by atoms with Crippen LogP contribution < -0.4 is 5.32 Å². The summed E-state index contributed by atoms with van der Waals surface area (Å²) in [7, 11) is 0. The van der Waals surface area contributed by atoms with E-state index >= 15 is 0 Å².